The molecule has 2 aromatic carbocycles. The molecule has 0 aromatic heterocycles. The summed E-state index contributed by atoms with van der Waals surface area (Å²) in [7, 11) is 3.48. The van der Waals surface area contributed by atoms with E-state index in [4.69, 9.17) is 10.00 Å². The third-order valence-electron chi connectivity index (χ3n) is 5.65. The van der Waals surface area contributed by atoms with E-state index in [1.165, 1.54) is 12.5 Å². The molecule has 34 heavy (non-hydrogen) atoms. The van der Waals surface area contributed by atoms with Crippen LogP contribution in [0.4, 0.5) is 0 Å². The molecule has 0 saturated heterocycles. The fourth-order valence-electron chi connectivity index (χ4n) is 4.12. The van der Waals surface area contributed by atoms with Crippen molar-refractivity contribution in [2.24, 2.45) is 11.0 Å². The van der Waals surface area contributed by atoms with Crippen LogP contribution < -0.4 is 10.2 Å². The van der Waals surface area contributed by atoms with Gasteiger partial charge in [-0.15, -0.1) is 12.8 Å². The van der Waals surface area contributed by atoms with Crippen molar-refractivity contribution in [3.63, 3.8) is 0 Å². The van der Waals surface area contributed by atoms with Crippen molar-refractivity contribution >= 4 is 11.6 Å². The van der Waals surface area contributed by atoms with Crippen LogP contribution in [0.15, 0.2) is 59.2 Å². The van der Waals surface area contributed by atoms with E-state index in [0.29, 0.717) is 19.0 Å². The van der Waals surface area contributed by atoms with Gasteiger partial charge in [0.25, 0.3) is 5.91 Å². The van der Waals surface area contributed by atoms with E-state index >= 15 is 0 Å². The van der Waals surface area contributed by atoms with Gasteiger partial charge < -0.3 is 15.1 Å². The molecule has 0 bridgehead atoms. The molecule has 2 aromatic rings. The number of fused-ring (bicyclic) bond motifs is 1. The molecule has 6 nitrogen and oxygen atoms in total. The minimum atomic E-state index is 0.0863. The predicted octanol–water partition coefficient (Wildman–Crippen LogP) is 4.91. The van der Waals surface area contributed by atoms with Gasteiger partial charge in [0, 0.05) is 38.2 Å². The van der Waals surface area contributed by atoms with Crippen molar-refractivity contribution in [1.82, 2.24) is 10.3 Å². The van der Waals surface area contributed by atoms with Gasteiger partial charge in [0.1, 0.15) is 5.75 Å². The fourth-order valence-corrected chi connectivity index (χ4v) is 4.12. The fraction of sp³-hybridized carbons (Fsp3) is 0.321. The van der Waals surface area contributed by atoms with Crippen LogP contribution >= 0.6 is 0 Å². The molecule has 0 saturated carbocycles. The highest BCUT2D eigenvalue weighted by Gasteiger charge is 2.28. The van der Waals surface area contributed by atoms with Crippen molar-refractivity contribution in [1.29, 1.82) is 5.26 Å². The van der Waals surface area contributed by atoms with Crippen molar-refractivity contribution in [2.45, 2.75) is 39.8 Å². The van der Waals surface area contributed by atoms with Gasteiger partial charge in [0.05, 0.1) is 18.9 Å². The number of carbonyl (C=O) groups is 1. The maximum atomic E-state index is 12.9. The zero-order chi connectivity index (χ0) is 25.1. The zero-order valence-electron chi connectivity index (χ0n) is 20.3. The van der Waals surface area contributed by atoms with Crippen LogP contribution in [-0.2, 0) is 13.1 Å². The first kappa shape index (κ1) is 26.2. The number of amides is 1. The largest absolute Gasteiger partial charge is 0.497 e. The maximum absolute atomic E-state index is 12.9. The van der Waals surface area contributed by atoms with E-state index in [9.17, 15) is 4.79 Å². The summed E-state index contributed by atoms with van der Waals surface area (Å²) in [6, 6.07) is 15.7. The van der Waals surface area contributed by atoms with E-state index in [-0.39, 0.29) is 5.91 Å². The Labute approximate surface area is 202 Å². The number of nitriles is 1. The Balaban J connectivity index is 0.000000758. The highest BCUT2D eigenvalue weighted by atomic mass is 16.5. The van der Waals surface area contributed by atoms with Crippen LogP contribution in [0.1, 0.15) is 53.7 Å². The predicted molar refractivity (Wildman–Crippen MR) is 136 cm³/mol. The van der Waals surface area contributed by atoms with Crippen LogP contribution in [0.25, 0.3) is 0 Å². The molecule has 1 aliphatic heterocycles. The molecule has 6 heteroatoms. The van der Waals surface area contributed by atoms with Gasteiger partial charge in [-0.25, -0.2) is 0 Å². The van der Waals surface area contributed by atoms with Gasteiger partial charge in [-0.1, -0.05) is 31.2 Å². The second-order valence-corrected chi connectivity index (χ2v) is 8.06. The highest BCUT2D eigenvalue weighted by Crippen LogP contribution is 2.30. The topological polar surface area (TPSA) is 77.7 Å². The highest BCUT2D eigenvalue weighted by molar-refractivity contribution is 6.13. The lowest BCUT2D eigenvalue weighted by Gasteiger charge is -2.15. The zero-order valence-corrected chi connectivity index (χ0v) is 20.3. The minimum absolute atomic E-state index is 0.0863. The summed E-state index contributed by atoms with van der Waals surface area (Å²) in [5.74, 6) is 1.56. The third kappa shape index (κ3) is 6.27. The molecular formula is C28H32N4O2. The number of terminal acetylenes is 1. The van der Waals surface area contributed by atoms with Gasteiger partial charge in [-0.3, -0.25) is 4.79 Å². The lowest BCUT2D eigenvalue weighted by molar-refractivity contribution is 0.0766. The number of nitrogens with one attached hydrogen (secondary N) is 1. The monoisotopic (exact) mass is 456 g/mol. The van der Waals surface area contributed by atoms with Crippen LogP contribution in [0.2, 0.25) is 0 Å². The number of nitrogens with zero attached hydrogens (tertiary/aromatic N) is 3. The number of rotatable bonds is 6. The lowest BCUT2D eigenvalue weighted by Crippen LogP contribution is -2.23. The summed E-state index contributed by atoms with van der Waals surface area (Å²) in [4.78, 5) is 14.8. The van der Waals surface area contributed by atoms with E-state index < -0.39 is 0 Å². The Bertz CT molecular complexity index is 1110. The summed E-state index contributed by atoms with van der Waals surface area (Å²) in [6.45, 7) is 4.90. The van der Waals surface area contributed by atoms with Gasteiger partial charge in [0.2, 0.25) is 0 Å². The van der Waals surface area contributed by atoms with Crippen molar-refractivity contribution in [3.8, 4) is 24.7 Å². The van der Waals surface area contributed by atoms with Crippen molar-refractivity contribution in [3.05, 3.63) is 76.4 Å². The van der Waals surface area contributed by atoms with E-state index in [1.807, 2.05) is 48.3 Å². The SMILES string of the molecule is C#C.CC#N.CN/N=C(\C1=CCC(C)C1)c1ccc2c(c1)CN(Cc1ccc(OC)cc1)C2=O. The third-order valence-corrected chi connectivity index (χ3v) is 5.65. The number of carbonyl (C=O) groups excluding carboxylic acids is 1. The number of hydrazone groups is 1. The first-order valence-electron chi connectivity index (χ1n) is 11.1. The van der Waals surface area contributed by atoms with Gasteiger partial charge in [0.15, 0.2) is 0 Å². The number of benzene rings is 2. The number of allylic oxidation sites excluding steroid dienone is 2. The van der Waals surface area contributed by atoms with Crippen LogP contribution in [0, 0.1) is 30.1 Å². The molecule has 1 atom stereocenters. The quantitative estimate of drug-likeness (QED) is 0.381. The Morgan fingerprint density at radius 1 is 1.26 bits per heavy atom. The maximum Gasteiger partial charge on any atom is 0.254 e. The first-order chi connectivity index (χ1) is 16.5. The molecule has 1 aliphatic carbocycles. The molecule has 0 spiro atoms. The second kappa shape index (κ2) is 12.9. The molecule has 176 valence electrons. The molecule has 0 radical (unpaired) electrons. The lowest BCUT2D eigenvalue weighted by atomic mass is 9.97. The second-order valence-electron chi connectivity index (χ2n) is 8.06. The number of methoxy groups -OCH3 is 1. The summed E-state index contributed by atoms with van der Waals surface area (Å²) in [5.41, 5.74) is 9.23. The Morgan fingerprint density at radius 2 is 1.94 bits per heavy atom. The number of hydrogen-bond donors (Lipinski definition) is 1. The molecule has 2 aliphatic rings. The molecule has 1 N–H and O–H groups in total. The van der Waals surface area contributed by atoms with Crippen molar-refractivity contribution < 1.29 is 9.53 Å². The van der Waals surface area contributed by atoms with E-state index in [2.05, 4.69) is 42.4 Å². The summed E-state index contributed by atoms with van der Waals surface area (Å²) < 4.78 is 5.21. The van der Waals surface area contributed by atoms with Gasteiger partial charge in [-0.05, 0) is 59.7 Å². The average Bonchev–Trinajstić information content (AvgIpc) is 3.42. The smallest absolute Gasteiger partial charge is 0.254 e. The summed E-state index contributed by atoms with van der Waals surface area (Å²) in [6.07, 6.45) is 12.4. The minimum Gasteiger partial charge on any atom is -0.497 e. The normalized spacial score (nSPS) is 16.2. The Morgan fingerprint density at radius 3 is 2.50 bits per heavy atom. The standard InChI is InChI=1S/C24H27N3O2.C2H3N.C2H2/c1-16-4-7-18(12-16)23(26-25-2)19-8-11-22-20(13-19)15-27(24(22)28)14-17-5-9-21(29-3)10-6-17;1-2-3;1-2/h5-11,13,16,25H,4,12,14-15H2,1-3H3;1H3;1-2H/b26-23+;;. The van der Waals surface area contributed by atoms with E-state index in [1.54, 1.807) is 13.2 Å². The molecule has 0 fully saturated rings. The van der Waals surface area contributed by atoms with Crippen molar-refractivity contribution in [2.75, 3.05) is 14.2 Å². The average molecular weight is 457 g/mol. The Hall–Kier alpha value is -4.03. The number of hydrogen-bond acceptors (Lipinski definition) is 5. The molecule has 1 amide bonds. The molecule has 1 heterocycles. The summed E-state index contributed by atoms with van der Waals surface area (Å²) in [5, 5.41) is 11.9. The molecule has 1 unspecified atom stereocenters. The first-order valence-corrected chi connectivity index (χ1v) is 11.1. The Kier molecular flexibility index (Phi) is 9.92. The van der Waals surface area contributed by atoms with Crippen LogP contribution in [0.3, 0.4) is 0 Å². The van der Waals surface area contributed by atoms with Crippen LogP contribution in [-0.4, -0.2) is 30.7 Å². The van der Waals surface area contributed by atoms with Gasteiger partial charge >= 0.3 is 0 Å². The molecule has 4 rings (SSSR count). The molecular weight excluding hydrogens is 424 g/mol. The van der Waals surface area contributed by atoms with E-state index in [0.717, 1.165) is 46.6 Å². The van der Waals surface area contributed by atoms with Gasteiger partial charge in [-0.2, -0.15) is 10.4 Å². The summed E-state index contributed by atoms with van der Waals surface area (Å²) >= 11 is 0. The van der Waals surface area contributed by atoms with Crippen LogP contribution in [0.5, 0.6) is 5.75 Å². The number of ether oxygens (including phenoxy) is 1.